The van der Waals surface area contributed by atoms with Crippen LogP contribution in [0.2, 0.25) is 0 Å². The summed E-state index contributed by atoms with van der Waals surface area (Å²) in [5, 5.41) is 2.97. The van der Waals surface area contributed by atoms with E-state index in [1.807, 2.05) is 20.8 Å². The van der Waals surface area contributed by atoms with Gasteiger partial charge in [-0.05, 0) is 56.7 Å². The number of benzene rings is 1. The van der Waals surface area contributed by atoms with Crippen LogP contribution in [-0.2, 0) is 11.2 Å². The molecule has 0 radical (unpaired) electrons. The van der Waals surface area contributed by atoms with E-state index in [0.717, 1.165) is 36.1 Å². The standard InChI is InChI=1S/C17H26N2O2/c1-11-8-14(10-13(3)18)9-12(2)17(11)21-7-6-16(20)19-15-4-5-15/h8-9,13,15H,4-7,10,18H2,1-3H3,(H,19,20). The number of carbonyl (C=O) groups excluding carboxylic acids is 1. The van der Waals surface area contributed by atoms with Crippen molar-refractivity contribution in [1.82, 2.24) is 5.32 Å². The SMILES string of the molecule is Cc1cc(CC(C)N)cc(C)c1OCCC(=O)NC1CC1. The summed E-state index contributed by atoms with van der Waals surface area (Å²) in [7, 11) is 0. The van der Waals surface area contributed by atoms with Crippen molar-refractivity contribution in [3.8, 4) is 5.75 Å². The van der Waals surface area contributed by atoms with Crippen molar-refractivity contribution in [3.05, 3.63) is 28.8 Å². The van der Waals surface area contributed by atoms with E-state index in [-0.39, 0.29) is 11.9 Å². The molecule has 4 nitrogen and oxygen atoms in total. The van der Waals surface area contributed by atoms with Crippen molar-refractivity contribution < 1.29 is 9.53 Å². The molecule has 1 aliphatic carbocycles. The van der Waals surface area contributed by atoms with Crippen molar-refractivity contribution in [3.63, 3.8) is 0 Å². The number of aryl methyl sites for hydroxylation is 2. The molecule has 2 rings (SSSR count). The molecule has 116 valence electrons. The minimum Gasteiger partial charge on any atom is -0.493 e. The highest BCUT2D eigenvalue weighted by Gasteiger charge is 2.22. The monoisotopic (exact) mass is 290 g/mol. The molecule has 1 unspecified atom stereocenters. The average Bonchev–Trinajstić information content (AvgIpc) is 3.15. The first kappa shape index (κ1) is 15.8. The molecular weight excluding hydrogens is 264 g/mol. The summed E-state index contributed by atoms with van der Waals surface area (Å²) in [4.78, 5) is 11.6. The maximum Gasteiger partial charge on any atom is 0.223 e. The summed E-state index contributed by atoms with van der Waals surface area (Å²) in [5.41, 5.74) is 9.29. The Kier molecular flexibility index (Phi) is 5.23. The fourth-order valence-electron chi connectivity index (χ4n) is 2.53. The molecule has 0 spiro atoms. The van der Waals surface area contributed by atoms with Gasteiger partial charge in [0, 0.05) is 12.1 Å². The topological polar surface area (TPSA) is 64.3 Å². The van der Waals surface area contributed by atoms with E-state index in [0.29, 0.717) is 19.1 Å². The smallest absolute Gasteiger partial charge is 0.223 e. The maximum absolute atomic E-state index is 11.6. The molecule has 1 aromatic rings. The summed E-state index contributed by atoms with van der Waals surface area (Å²) in [6.45, 7) is 6.51. The molecule has 1 aromatic carbocycles. The van der Waals surface area contributed by atoms with Gasteiger partial charge in [-0.1, -0.05) is 12.1 Å². The van der Waals surface area contributed by atoms with Crippen molar-refractivity contribution in [2.75, 3.05) is 6.61 Å². The molecule has 1 amide bonds. The first-order chi connectivity index (χ1) is 9.95. The van der Waals surface area contributed by atoms with Gasteiger partial charge >= 0.3 is 0 Å². The summed E-state index contributed by atoms with van der Waals surface area (Å²) in [5.74, 6) is 0.976. The highest BCUT2D eigenvalue weighted by molar-refractivity contribution is 5.76. The van der Waals surface area contributed by atoms with Crippen LogP contribution in [0.4, 0.5) is 0 Å². The van der Waals surface area contributed by atoms with Gasteiger partial charge in [-0.2, -0.15) is 0 Å². The third-order valence-electron chi connectivity index (χ3n) is 3.60. The number of nitrogens with two attached hydrogens (primary N) is 1. The summed E-state index contributed by atoms with van der Waals surface area (Å²) in [6, 6.07) is 4.81. The zero-order chi connectivity index (χ0) is 15.4. The Morgan fingerprint density at radius 2 is 2.00 bits per heavy atom. The normalized spacial score (nSPS) is 15.6. The lowest BCUT2D eigenvalue weighted by atomic mass is 10.0. The Morgan fingerprint density at radius 1 is 1.38 bits per heavy atom. The minimum atomic E-state index is 0.0846. The van der Waals surface area contributed by atoms with Crippen LogP contribution in [0.15, 0.2) is 12.1 Å². The lowest BCUT2D eigenvalue weighted by molar-refractivity contribution is -0.121. The van der Waals surface area contributed by atoms with E-state index >= 15 is 0 Å². The van der Waals surface area contributed by atoms with Gasteiger partial charge in [0.2, 0.25) is 5.91 Å². The van der Waals surface area contributed by atoms with Gasteiger partial charge in [0.05, 0.1) is 13.0 Å². The Hall–Kier alpha value is -1.55. The molecule has 0 aliphatic heterocycles. The van der Waals surface area contributed by atoms with Crippen LogP contribution >= 0.6 is 0 Å². The lowest BCUT2D eigenvalue weighted by Crippen LogP contribution is -2.26. The van der Waals surface area contributed by atoms with Crippen LogP contribution in [0, 0.1) is 13.8 Å². The van der Waals surface area contributed by atoms with Crippen LogP contribution in [0.1, 0.15) is 42.9 Å². The molecule has 21 heavy (non-hydrogen) atoms. The number of rotatable bonds is 7. The van der Waals surface area contributed by atoms with Gasteiger partial charge in [0.25, 0.3) is 0 Å². The number of carbonyl (C=O) groups is 1. The molecule has 0 saturated heterocycles. The highest BCUT2D eigenvalue weighted by atomic mass is 16.5. The Balaban J connectivity index is 1.88. The van der Waals surface area contributed by atoms with Gasteiger partial charge < -0.3 is 15.8 Å². The average molecular weight is 290 g/mol. The van der Waals surface area contributed by atoms with Crippen LogP contribution in [0.5, 0.6) is 5.75 Å². The number of hydrogen-bond acceptors (Lipinski definition) is 3. The van der Waals surface area contributed by atoms with E-state index in [1.165, 1.54) is 5.56 Å². The van der Waals surface area contributed by atoms with Gasteiger partial charge in [0.15, 0.2) is 0 Å². The van der Waals surface area contributed by atoms with Gasteiger partial charge in [-0.15, -0.1) is 0 Å². The number of amides is 1. The Bertz CT molecular complexity index is 485. The Labute approximate surface area is 127 Å². The summed E-state index contributed by atoms with van der Waals surface area (Å²) in [6.07, 6.45) is 3.51. The van der Waals surface area contributed by atoms with Gasteiger partial charge in [-0.3, -0.25) is 4.79 Å². The third-order valence-corrected chi connectivity index (χ3v) is 3.60. The third kappa shape index (κ3) is 5.05. The highest BCUT2D eigenvalue weighted by Crippen LogP contribution is 2.25. The largest absolute Gasteiger partial charge is 0.493 e. The van der Waals surface area contributed by atoms with Crippen LogP contribution in [-0.4, -0.2) is 24.6 Å². The fraction of sp³-hybridized carbons (Fsp3) is 0.588. The van der Waals surface area contributed by atoms with Crippen molar-refractivity contribution in [2.45, 2.75) is 58.5 Å². The van der Waals surface area contributed by atoms with E-state index in [4.69, 9.17) is 10.5 Å². The molecule has 0 aromatic heterocycles. The first-order valence-corrected chi connectivity index (χ1v) is 7.73. The molecule has 1 saturated carbocycles. The zero-order valence-electron chi connectivity index (χ0n) is 13.2. The second kappa shape index (κ2) is 6.94. The molecule has 0 heterocycles. The molecule has 3 N–H and O–H groups in total. The molecule has 1 atom stereocenters. The summed E-state index contributed by atoms with van der Waals surface area (Å²) >= 11 is 0. The molecule has 0 bridgehead atoms. The second-order valence-electron chi connectivity index (χ2n) is 6.18. The Morgan fingerprint density at radius 3 is 2.52 bits per heavy atom. The van der Waals surface area contributed by atoms with E-state index in [9.17, 15) is 4.79 Å². The number of nitrogens with one attached hydrogen (secondary N) is 1. The van der Waals surface area contributed by atoms with Gasteiger partial charge in [-0.25, -0.2) is 0 Å². The maximum atomic E-state index is 11.6. The van der Waals surface area contributed by atoms with E-state index < -0.39 is 0 Å². The fourth-order valence-corrected chi connectivity index (χ4v) is 2.53. The predicted octanol–water partition coefficient (Wildman–Crippen LogP) is 2.24. The van der Waals surface area contributed by atoms with Crippen LogP contribution in [0.3, 0.4) is 0 Å². The quantitative estimate of drug-likeness (QED) is 0.809. The molecular formula is C17H26N2O2. The summed E-state index contributed by atoms with van der Waals surface area (Å²) < 4.78 is 5.81. The van der Waals surface area contributed by atoms with Crippen LogP contribution < -0.4 is 15.8 Å². The number of hydrogen-bond donors (Lipinski definition) is 2. The zero-order valence-corrected chi connectivity index (χ0v) is 13.2. The van der Waals surface area contributed by atoms with E-state index in [2.05, 4.69) is 17.4 Å². The molecule has 4 heteroatoms. The predicted molar refractivity (Wildman–Crippen MR) is 84.5 cm³/mol. The minimum absolute atomic E-state index is 0.0846. The van der Waals surface area contributed by atoms with Crippen molar-refractivity contribution >= 4 is 5.91 Å². The van der Waals surface area contributed by atoms with Crippen molar-refractivity contribution in [1.29, 1.82) is 0 Å². The lowest BCUT2D eigenvalue weighted by Gasteiger charge is -2.15. The first-order valence-electron chi connectivity index (χ1n) is 7.73. The molecule has 1 aliphatic rings. The van der Waals surface area contributed by atoms with Gasteiger partial charge in [0.1, 0.15) is 5.75 Å². The second-order valence-corrected chi connectivity index (χ2v) is 6.18. The van der Waals surface area contributed by atoms with Crippen molar-refractivity contribution in [2.24, 2.45) is 5.73 Å². The number of ether oxygens (including phenoxy) is 1. The van der Waals surface area contributed by atoms with E-state index in [1.54, 1.807) is 0 Å². The molecule has 1 fully saturated rings. The van der Waals surface area contributed by atoms with Crippen LogP contribution in [0.25, 0.3) is 0 Å².